The highest BCUT2D eigenvalue weighted by Gasteiger charge is 2.20. The Morgan fingerprint density at radius 2 is 1.03 bits per heavy atom. The quantitative estimate of drug-likeness (QED) is 0.235. The average Bonchev–Trinajstić information content (AvgIpc) is 3.35. The van der Waals surface area contributed by atoms with Crippen LogP contribution in [0.2, 0.25) is 0 Å². The van der Waals surface area contributed by atoms with Crippen molar-refractivity contribution in [1.29, 1.82) is 0 Å². The van der Waals surface area contributed by atoms with Gasteiger partial charge in [-0.1, -0.05) is 103 Å². The number of pyridine rings is 1. The van der Waals surface area contributed by atoms with Gasteiger partial charge in [0, 0.05) is 39.7 Å². The molecule has 0 N–H and O–H groups in total. The second kappa shape index (κ2) is 7.78. The summed E-state index contributed by atoms with van der Waals surface area (Å²) < 4.78 is 6.49. The summed E-state index contributed by atoms with van der Waals surface area (Å²) in [5, 5.41) is 9.48. The van der Waals surface area contributed by atoms with Gasteiger partial charge in [-0.05, 0) is 50.2 Å². The lowest BCUT2D eigenvalue weighted by Gasteiger charge is -2.18. The van der Waals surface area contributed by atoms with E-state index in [0.717, 1.165) is 38.5 Å². The molecule has 0 aliphatic carbocycles. The van der Waals surface area contributed by atoms with Crippen LogP contribution in [0.3, 0.4) is 0 Å². The number of benzene rings is 6. The lowest BCUT2D eigenvalue weighted by molar-refractivity contribution is 0.670. The molecule has 0 amide bonds. The maximum atomic E-state index is 6.49. The van der Waals surface area contributed by atoms with Gasteiger partial charge < -0.3 is 4.42 Å². The summed E-state index contributed by atoms with van der Waals surface area (Å²) >= 11 is 0. The Morgan fingerprint density at radius 1 is 0.432 bits per heavy atom. The minimum Gasteiger partial charge on any atom is -0.455 e. The molecular weight excluding hydrogens is 450 g/mol. The van der Waals surface area contributed by atoms with Gasteiger partial charge in [-0.25, -0.2) is 0 Å². The molecule has 0 fully saturated rings. The van der Waals surface area contributed by atoms with Crippen LogP contribution in [-0.2, 0) is 0 Å². The molecular formula is C35H21NO. The minimum atomic E-state index is 0.907. The van der Waals surface area contributed by atoms with Crippen LogP contribution in [0.5, 0.6) is 0 Å². The van der Waals surface area contributed by atoms with Gasteiger partial charge >= 0.3 is 0 Å². The Morgan fingerprint density at radius 3 is 1.89 bits per heavy atom. The van der Waals surface area contributed by atoms with E-state index in [1.165, 1.54) is 38.1 Å². The summed E-state index contributed by atoms with van der Waals surface area (Å²) in [6, 6.07) is 40.8. The molecule has 2 nitrogen and oxygen atoms in total. The molecule has 0 saturated heterocycles. The molecule has 172 valence electrons. The third-order valence-corrected chi connectivity index (χ3v) is 7.56. The summed E-state index contributed by atoms with van der Waals surface area (Å²) in [5.74, 6) is 0. The predicted octanol–water partition coefficient (Wildman–Crippen LogP) is 9.77. The number of furan rings is 1. The van der Waals surface area contributed by atoms with E-state index in [1.807, 2.05) is 24.5 Å². The predicted molar refractivity (Wildman–Crippen MR) is 155 cm³/mol. The lowest BCUT2D eigenvalue weighted by atomic mass is 9.85. The molecule has 0 bridgehead atoms. The van der Waals surface area contributed by atoms with Gasteiger partial charge in [-0.3, -0.25) is 4.98 Å². The van der Waals surface area contributed by atoms with E-state index < -0.39 is 0 Å². The molecule has 0 atom stereocenters. The van der Waals surface area contributed by atoms with E-state index in [1.54, 1.807) is 0 Å². The van der Waals surface area contributed by atoms with Crippen molar-refractivity contribution in [3.05, 3.63) is 128 Å². The molecule has 37 heavy (non-hydrogen) atoms. The van der Waals surface area contributed by atoms with Gasteiger partial charge in [0.2, 0.25) is 0 Å². The summed E-state index contributed by atoms with van der Waals surface area (Å²) in [6.07, 6.45) is 3.91. The lowest BCUT2D eigenvalue weighted by Crippen LogP contribution is -1.92. The van der Waals surface area contributed by atoms with E-state index in [9.17, 15) is 0 Å². The van der Waals surface area contributed by atoms with Gasteiger partial charge in [0.25, 0.3) is 0 Å². The van der Waals surface area contributed by atoms with Crippen molar-refractivity contribution < 1.29 is 4.42 Å². The third-order valence-electron chi connectivity index (χ3n) is 7.56. The van der Waals surface area contributed by atoms with Crippen LogP contribution in [0.1, 0.15) is 0 Å². The Kier molecular flexibility index (Phi) is 4.26. The van der Waals surface area contributed by atoms with Crippen molar-refractivity contribution in [2.45, 2.75) is 0 Å². The maximum absolute atomic E-state index is 6.49. The molecule has 0 radical (unpaired) electrons. The maximum Gasteiger partial charge on any atom is 0.143 e. The van der Waals surface area contributed by atoms with Crippen molar-refractivity contribution >= 4 is 54.3 Å². The number of rotatable bonds is 2. The number of hydrogen-bond donors (Lipinski definition) is 0. The zero-order valence-corrected chi connectivity index (χ0v) is 20.0. The molecule has 2 heterocycles. The van der Waals surface area contributed by atoms with Crippen molar-refractivity contribution in [2.75, 3.05) is 0 Å². The van der Waals surface area contributed by atoms with E-state index in [-0.39, 0.29) is 0 Å². The number of hydrogen-bond acceptors (Lipinski definition) is 2. The van der Waals surface area contributed by atoms with Crippen LogP contribution in [0, 0.1) is 0 Å². The molecule has 0 aliphatic heterocycles. The molecule has 0 aliphatic rings. The molecule has 8 rings (SSSR count). The molecule has 0 spiro atoms. The second-order valence-electron chi connectivity index (χ2n) is 9.52. The van der Waals surface area contributed by atoms with E-state index >= 15 is 0 Å². The third kappa shape index (κ3) is 2.90. The number of fused-ring (bicyclic) bond motifs is 6. The minimum absolute atomic E-state index is 0.907. The van der Waals surface area contributed by atoms with Crippen LogP contribution < -0.4 is 0 Å². The van der Waals surface area contributed by atoms with Crippen molar-refractivity contribution in [3.8, 4) is 22.3 Å². The van der Waals surface area contributed by atoms with Crippen LogP contribution in [-0.4, -0.2) is 4.98 Å². The standard InChI is InChI=1S/C35H21NO/c1-2-11-23-22(9-1)10-7-15-25(23)33-26-13-3-4-14-27(26)34(31-21-36-20-19-28(31)33)30-17-8-16-29-24-12-5-6-18-32(24)37-35(29)30/h1-21H. The van der Waals surface area contributed by atoms with Crippen LogP contribution >= 0.6 is 0 Å². The van der Waals surface area contributed by atoms with Gasteiger partial charge in [0.05, 0.1) is 0 Å². The van der Waals surface area contributed by atoms with Gasteiger partial charge in [0.15, 0.2) is 0 Å². The van der Waals surface area contributed by atoms with Gasteiger partial charge in [-0.2, -0.15) is 0 Å². The highest BCUT2D eigenvalue weighted by atomic mass is 16.3. The Bertz CT molecular complexity index is 2090. The zero-order valence-electron chi connectivity index (χ0n) is 20.0. The number of aromatic nitrogens is 1. The Balaban J connectivity index is 1.57. The number of nitrogens with zero attached hydrogens (tertiary/aromatic N) is 1. The van der Waals surface area contributed by atoms with Crippen molar-refractivity contribution in [3.63, 3.8) is 0 Å². The molecule has 2 heteroatoms. The van der Waals surface area contributed by atoms with E-state index in [4.69, 9.17) is 4.42 Å². The fourth-order valence-electron chi connectivity index (χ4n) is 5.99. The molecule has 6 aromatic carbocycles. The Hall–Kier alpha value is -4.95. The summed E-state index contributed by atoms with van der Waals surface area (Å²) in [4.78, 5) is 4.60. The second-order valence-corrected chi connectivity index (χ2v) is 9.52. The van der Waals surface area contributed by atoms with Crippen molar-refractivity contribution in [1.82, 2.24) is 4.98 Å². The average molecular weight is 472 g/mol. The summed E-state index contributed by atoms with van der Waals surface area (Å²) in [6.45, 7) is 0. The summed E-state index contributed by atoms with van der Waals surface area (Å²) in [5.41, 5.74) is 6.55. The van der Waals surface area contributed by atoms with Gasteiger partial charge in [0.1, 0.15) is 11.2 Å². The first-order valence-electron chi connectivity index (χ1n) is 12.6. The normalized spacial score (nSPS) is 11.8. The first kappa shape index (κ1) is 20.3. The molecule has 0 unspecified atom stereocenters. The highest BCUT2D eigenvalue weighted by Crippen LogP contribution is 2.47. The smallest absolute Gasteiger partial charge is 0.143 e. The van der Waals surface area contributed by atoms with Crippen LogP contribution in [0.15, 0.2) is 132 Å². The topological polar surface area (TPSA) is 26.0 Å². The fraction of sp³-hybridized carbons (Fsp3) is 0. The largest absolute Gasteiger partial charge is 0.455 e. The fourth-order valence-corrected chi connectivity index (χ4v) is 5.99. The molecule has 2 aromatic heterocycles. The first-order chi connectivity index (χ1) is 18.4. The SMILES string of the molecule is c1ccc2c(-c3c4ccccc4c(-c4cccc5c4oc4ccccc45)c4cnccc34)cccc2c1. The summed E-state index contributed by atoms with van der Waals surface area (Å²) in [7, 11) is 0. The monoisotopic (exact) mass is 471 g/mol. The Labute approximate surface area is 213 Å². The molecule has 8 aromatic rings. The number of para-hydroxylation sites is 2. The van der Waals surface area contributed by atoms with E-state index in [0.29, 0.717) is 0 Å². The zero-order chi connectivity index (χ0) is 24.3. The van der Waals surface area contributed by atoms with Crippen molar-refractivity contribution in [2.24, 2.45) is 0 Å². The first-order valence-corrected chi connectivity index (χ1v) is 12.6. The van der Waals surface area contributed by atoms with Gasteiger partial charge in [-0.15, -0.1) is 0 Å². The van der Waals surface area contributed by atoms with E-state index in [2.05, 4.69) is 108 Å². The van der Waals surface area contributed by atoms with Crippen LogP contribution in [0.4, 0.5) is 0 Å². The van der Waals surface area contributed by atoms with Crippen LogP contribution in [0.25, 0.3) is 76.5 Å². The highest BCUT2D eigenvalue weighted by molar-refractivity contribution is 6.25. The molecule has 0 saturated carbocycles.